The molecule has 156 valence electrons. The van der Waals surface area contributed by atoms with Gasteiger partial charge in [-0.05, 0) is 0 Å². The maximum absolute atomic E-state index is 9.63. The van der Waals surface area contributed by atoms with Crippen molar-refractivity contribution in [2.75, 3.05) is 0 Å². The molecular weight excluding hydrogens is 412 g/mol. The predicted octanol–water partition coefficient (Wildman–Crippen LogP) is -12.0. The van der Waals surface area contributed by atoms with Crippen molar-refractivity contribution >= 4 is 74.8 Å². The molecule has 0 aromatic carbocycles. The summed E-state index contributed by atoms with van der Waals surface area (Å²) >= 11 is 0. The third-order valence-electron chi connectivity index (χ3n) is 0.213. The summed E-state index contributed by atoms with van der Waals surface area (Å²) in [7, 11) is -10.1. The van der Waals surface area contributed by atoms with Crippen LogP contribution >= 0.6 is 15.6 Å². The zero-order chi connectivity index (χ0) is 7.71. The Balaban J connectivity index is -0.00000000352. The average molecular weight is 442 g/mol. The first-order valence-corrected chi connectivity index (χ1v) is 4.59. The van der Waals surface area contributed by atoms with E-state index in [1.165, 1.54) is 0 Å². The van der Waals surface area contributed by atoms with Crippen LogP contribution in [0.1, 0.15) is 0 Å². The SMILES string of the molecule is O.O.O.O.O.O.O.O.O.O.O.O.O=P(O)(O)OP(=O)(O)O.[NaH].[NaH]. The van der Waals surface area contributed by atoms with Gasteiger partial charge in [-0.2, -0.15) is 4.31 Å². The zero-order valence-corrected chi connectivity index (χ0v) is 11.7. The van der Waals surface area contributed by atoms with Crippen LogP contribution in [0.4, 0.5) is 0 Å². The number of hydrogen-bond acceptors (Lipinski definition) is 3. The molecule has 19 nitrogen and oxygen atoms in total. The summed E-state index contributed by atoms with van der Waals surface area (Å²) in [4.78, 5) is 31.0. The molecule has 0 bridgehead atoms. The van der Waals surface area contributed by atoms with Gasteiger partial charge in [-0.3, -0.25) is 0 Å². The van der Waals surface area contributed by atoms with Crippen molar-refractivity contribution in [1.29, 1.82) is 0 Å². The predicted molar refractivity (Wildman–Crippen MR) is 82.8 cm³/mol. The van der Waals surface area contributed by atoms with Crippen LogP contribution in [0.5, 0.6) is 0 Å². The van der Waals surface area contributed by atoms with Crippen LogP contribution in [-0.4, -0.2) is 144 Å². The molecule has 0 fully saturated rings. The van der Waals surface area contributed by atoms with E-state index in [0.29, 0.717) is 0 Å². The topological polar surface area (TPSA) is 502 Å². The Morgan fingerprint density at radius 2 is 0.522 bits per heavy atom. The van der Waals surface area contributed by atoms with E-state index in [4.69, 9.17) is 19.6 Å². The molecule has 23 heteroatoms. The van der Waals surface area contributed by atoms with E-state index < -0.39 is 15.6 Å². The molecule has 0 radical (unpaired) electrons. The van der Waals surface area contributed by atoms with Gasteiger partial charge in [0.2, 0.25) is 0 Å². The van der Waals surface area contributed by atoms with E-state index in [-0.39, 0.29) is 125 Å². The maximum atomic E-state index is 9.63. The second-order valence-corrected chi connectivity index (χ2v) is 3.68. The fourth-order valence-corrected chi connectivity index (χ4v) is 1.25. The Hall–Kier alpha value is 1.78. The van der Waals surface area contributed by atoms with Crippen molar-refractivity contribution in [1.82, 2.24) is 0 Å². The Morgan fingerprint density at radius 3 is 0.522 bits per heavy atom. The van der Waals surface area contributed by atoms with Gasteiger partial charge in [0, 0.05) is 0 Å². The fourth-order valence-electron chi connectivity index (χ4n) is 0.139. The number of phosphoric acid groups is 2. The van der Waals surface area contributed by atoms with Crippen LogP contribution in [-0.2, 0) is 13.4 Å². The van der Waals surface area contributed by atoms with Crippen LogP contribution in [0, 0.1) is 0 Å². The molecule has 0 aliphatic carbocycles. The summed E-state index contributed by atoms with van der Waals surface area (Å²) in [5.74, 6) is 0. The molecule has 0 aliphatic rings. The van der Waals surface area contributed by atoms with Gasteiger partial charge < -0.3 is 85.3 Å². The van der Waals surface area contributed by atoms with Gasteiger partial charge in [0.05, 0.1) is 0 Å². The number of hydrogen-bond donors (Lipinski definition) is 4. The minimum atomic E-state index is -5.05. The monoisotopic (exact) mass is 442 g/mol. The molecule has 0 atom stereocenters. The van der Waals surface area contributed by atoms with Gasteiger partial charge in [-0.15, -0.1) is 0 Å². The first kappa shape index (κ1) is 147. The van der Waals surface area contributed by atoms with E-state index in [9.17, 15) is 9.13 Å². The van der Waals surface area contributed by atoms with Crippen molar-refractivity contribution in [3.63, 3.8) is 0 Å². The number of rotatable bonds is 2. The average Bonchev–Trinajstić information content (AvgIpc) is 1.14. The van der Waals surface area contributed by atoms with Crippen LogP contribution < -0.4 is 0 Å². The molecule has 0 rings (SSSR count). The summed E-state index contributed by atoms with van der Waals surface area (Å²) in [6.07, 6.45) is 0. The van der Waals surface area contributed by atoms with Gasteiger partial charge in [-0.25, -0.2) is 9.13 Å². The zero-order valence-electron chi connectivity index (χ0n) is 9.91. The van der Waals surface area contributed by atoms with Crippen molar-refractivity contribution in [3.05, 3.63) is 0 Å². The molecule has 23 heavy (non-hydrogen) atoms. The molecule has 0 aromatic rings. The van der Waals surface area contributed by atoms with Crippen molar-refractivity contribution < 1.29 is 98.7 Å². The van der Waals surface area contributed by atoms with Crippen molar-refractivity contribution in [3.8, 4) is 0 Å². The van der Waals surface area contributed by atoms with E-state index in [2.05, 4.69) is 4.31 Å². The summed E-state index contributed by atoms with van der Waals surface area (Å²) in [5, 5.41) is 0. The van der Waals surface area contributed by atoms with Gasteiger partial charge in [0.1, 0.15) is 0 Å². The van der Waals surface area contributed by atoms with E-state index in [1.54, 1.807) is 0 Å². The third-order valence-corrected chi connectivity index (χ3v) is 1.91. The van der Waals surface area contributed by atoms with Crippen LogP contribution in [0.25, 0.3) is 0 Å². The molecule has 0 saturated heterocycles. The van der Waals surface area contributed by atoms with Gasteiger partial charge >= 0.3 is 74.8 Å². The first-order chi connectivity index (χ1) is 3.71. The molecule has 28 N–H and O–H groups in total. The quantitative estimate of drug-likeness (QED) is 0.236. The molecular formula is H30Na2O19P2. The molecule has 0 heterocycles. The Kier molecular flexibility index (Phi) is 360. The standard InChI is InChI=1S/2Na.H4O7P2.12H2O.2H/c;;1-8(2,3)7-9(4,5)6;;;;;;;;;;;;;;/h;;(H2,1,2,3)(H2,4,5,6);12*1H2;;. The van der Waals surface area contributed by atoms with Gasteiger partial charge in [0.15, 0.2) is 0 Å². The third kappa shape index (κ3) is 186. The molecule has 0 unspecified atom stereocenters. The normalized spacial score (nSPS) is 5.39. The van der Waals surface area contributed by atoms with Crippen LogP contribution in [0.3, 0.4) is 0 Å². The molecule has 0 amide bonds. The fraction of sp³-hybridized carbons (Fsp3) is 0. The van der Waals surface area contributed by atoms with Crippen molar-refractivity contribution in [2.45, 2.75) is 0 Å². The summed E-state index contributed by atoms with van der Waals surface area (Å²) in [6.45, 7) is 0. The first-order valence-electron chi connectivity index (χ1n) is 1.53. The minimum absolute atomic E-state index is 0. The van der Waals surface area contributed by atoms with E-state index >= 15 is 0 Å². The van der Waals surface area contributed by atoms with Gasteiger partial charge in [0.25, 0.3) is 0 Å². The Labute approximate surface area is 172 Å². The molecule has 0 saturated carbocycles. The molecule has 0 aliphatic heterocycles. The molecule has 0 spiro atoms. The van der Waals surface area contributed by atoms with Crippen LogP contribution in [0.2, 0.25) is 0 Å². The van der Waals surface area contributed by atoms with E-state index in [1.807, 2.05) is 0 Å². The Morgan fingerprint density at radius 1 is 0.435 bits per heavy atom. The summed E-state index contributed by atoms with van der Waals surface area (Å²) in [6, 6.07) is 0. The Bertz CT molecular complexity index is 160. The molecule has 0 aromatic heterocycles. The van der Waals surface area contributed by atoms with Crippen LogP contribution in [0.15, 0.2) is 0 Å². The van der Waals surface area contributed by atoms with Gasteiger partial charge in [-0.1, -0.05) is 0 Å². The summed E-state index contributed by atoms with van der Waals surface area (Å²) in [5.41, 5.74) is 0. The second-order valence-electron chi connectivity index (χ2n) is 1.06. The van der Waals surface area contributed by atoms with Crippen molar-refractivity contribution in [2.24, 2.45) is 0 Å². The van der Waals surface area contributed by atoms with E-state index in [0.717, 1.165) is 0 Å². The second kappa shape index (κ2) is 56.5. The summed E-state index contributed by atoms with van der Waals surface area (Å²) < 4.78 is 22.2.